The van der Waals surface area contributed by atoms with Crippen LogP contribution in [-0.2, 0) is 4.79 Å². The molecule has 0 bridgehead atoms. The monoisotopic (exact) mass is 417 g/mol. The van der Waals surface area contributed by atoms with Gasteiger partial charge in [-0.1, -0.05) is 65.1 Å². The quantitative estimate of drug-likeness (QED) is 0.471. The molecule has 3 N–H and O–H groups in total. The number of ether oxygens (including phenoxy) is 1. The number of aliphatic hydroxyl groups excluding tert-OH is 3. The number of aliphatic hydroxyl groups is 3. The molecule has 2 atom stereocenters. The molecule has 2 unspecified atom stereocenters. The van der Waals surface area contributed by atoms with Gasteiger partial charge in [0, 0.05) is 0 Å². The highest BCUT2D eigenvalue weighted by Gasteiger charge is 2.28. The molecule has 2 rings (SSSR count). The van der Waals surface area contributed by atoms with E-state index in [-0.39, 0.29) is 21.1 Å². The van der Waals surface area contributed by atoms with Gasteiger partial charge in [-0.05, 0) is 17.7 Å². The van der Waals surface area contributed by atoms with Crippen LogP contribution < -0.4 is 4.74 Å². The number of Topliss-reactive ketones (excluding diaryl/α,β-unsaturated/α-hetero) is 1. The fraction of sp³-hybridized carbons (Fsp3) is 0.176. The molecule has 26 heavy (non-hydrogen) atoms. The Morgan fingerprint density at radius 3 is 2.42 bits per heavy atom. The number of carbonyl (C=O) groups excluding carboxylic acids is 1. The van der Waals surface area contributed by atoms with E-state index in [1.807, 2.05) is 0 Å². The van der Waals surface area contributed by atoms with E-state index < -0.39 is 30.4 Å². The van der Waals surface area contributed by atoms with Gasteiger partial charge in [-0.2, -0.15) is 4.98 Å². The molecule has 0 aliphatic rings. The van der Waals surface area contributed by atoms with Crippen molar-refractivity contribution in [2.24, 2.45) is 0 Å². The van der Waals surface area contributed by atoms with Crippen LogP contribution in [0, 0.1) is 0 Å². The summed E-state index contributed by atoms with van der Waals surface area (Å²) in [6, 6.07) is 9.89. The molecule has 6 nitrogen and oxygen atoms in total. The SMILES string of the molecule is O=C(COc1nc(Cl)c(Cl)cc1Cl)C(O)C(O)C(O)=Cc1ccccc1. The van der Waals surface area contributed by atoms with Crippen molar-refractivity contribution in [1.82, 2.24) is 4.98 Å². The second-order valence-electron chi connectivity index (χ2n) is 5.17. The molecule has 0 spiro atoms. The van der Waals surface area contributed by atoms with Gasteiger partial charge in [0.25, 0.3) is 0 Å². The second kappa shape index (κ2) is 9.21. The molecule has 1 aromatic carbocycles. The van der Waals surface area contributed by atoms with Gasteiger partial charge in [-0.25, -0.2) is 0 Å². The van der Waals surface area contributed by atoms with E-state index in [9.17, 15) is 20.1 Å². The molecular formula is C17H14Cl3NO5. The first-order valence-electron chi connectivity index (χ1n) is 7.28. The minimum Gasteiger partial charge on any atom is -0.509 e. The Morgan fingerprint density at radius 2 is 1.77 bits per heavy atom. The lowest BCUT2D eigenvalue weighted by molar-refractivity contribution is -0.134. The lowest BCUT2D eigenvalue weighted by Crippen LogP contribution is -2.38. The molecule has 0 aliphatic heterocycles. The minimum atomic E-state index is -1.91. The number of rotatable bonds is 7. The van der Waals surface area contributed by atoms with Crippen LogP contribution in [0.2, 0.25) is 15.2 Å². The average Bonchev–Trinajstić information content (AvgIpc) is 2.62. The van der Waals surface area contributed by atoms with E-state index >= 15 is 0 Å². The summed E-state index contributed by atoms with van der Waals surface area (Å²) in [7, 11) is 0. The maximum Gasteiger partial charge on any atom is 0.234 e. The van der Waals surface area contributed by atoms with Gasteiger partial charge in [0.2, 0.25) is 11.7 Å². The van der Waals surface area contributed by atoms with Gasteiger partial charge < -0.3 is 20.1 Å². The second-order valence-corrected chi connectivity index (χ2v) is 6.34. The van der Waals surface area contributed by atoms with E-state index in [0.29, 0.717) is 5.56 Å². The summed E-state index contributed by atoms with van der Waals surface area (Å²) in [5.74, 6) is -1.61. The number of carbonyl (C=O) groups is 1. The lowest BCUT2D eigenvalue weighted by Gasteiger charge is -2.16. The number of benzene rings is 1. The number of pyridine rings is 1. The van der Waals surface area contributed by atoms with Crippen LogP contribution in [0.15, 0.2) is 42.2 Å². The minimum absolute atomic E-state index is 0.0223. The zero-order chi connectivity index (χ0) is 19.3. The van der Waals surface area contributed by atoms with E-state index in [1.165, 1.54) is 12.1 Å². The van der Waals surface area contributed by atoms with Crippen molar-refractivity contribution < 1.29 is 24.9 Å². The van der Waals surface area contributed by atoms with E-state index in [2.05, 4.69) is 4.98 Å². The highest BCUT2D eigenvalue weighted by molar-refractivity contribution is 6.42. The Morgan fingerprint density at radius 1 is 1.12 bits per heavy atom. The Kier molecular flexibility index (Phi) is 7.25. The summed E-state index contributed by atoms with van der Waals surface area (Å²) < 4.78 is 5.10. The Bertz CT molecular complexity index is 814. The molecule has 9 heteroatoms. The fourth-order valence-corrected chi connectivity index (χ4v) is 2.44. The molecule has 0 amide bonds. The third kappa shape index (κ3) is 5.33. The number of hydrogen-bond donors (Lipinski definition) is 3. The van der Waals surface area contributed by atoms with Gasteiger partial charge in [0.05, 0.1) is 5.02 Å². The van der Waals surface area contributed by atoms with Crippen LogP contribution in [0.25, 0.3) is 6.08 Å². The fourth-order valence-electron chi connectivity index (χ4n) is 1.90. The normalized spacial score (nSPS) is 14.0. The molecule has 0 fully saturated rings. The summed E-state index contributed by atoms with van der Waals surface area (Å²) >= 11 is 17.3. The first-order valence-corrected chi connectivity index (χ1v) is 8.41. The number of halogens is 3. The summed E-state index contributed by atoms with van der Waals surface area (Å²) in [5, 5.41) is 29.8. The molecule has 138 valence electrons. The van der Waals surface area contributed by atoms with Crippen molar-refractivity contribution >= 4 is 46.7 Å². The van der Waals surface area contributed by atoms with Crippen LogP contribution in [0.3, 0.4) is 0 Å². The van der Waals surface area contributed by atoms with Crippen LogP contribution in [0.5, 0.6) is 5.88 Å². The van der Waals surface area contributed by atoms with Crippen molar-refractivity contribution in [2.45, 2.75) is 12.2 Å². The first-order chi connectivity index (χ1) is 12.3. The van der Waals surface area contributed by atoms with Gasteiger partial charge in [-0.15, -0.1) is 0 Å². The number of ketones is 1. The molecule has 0 saturated heterocycles. The Balaban J connectivity index is 2.00. The first kappa shape index (κ1) is 20.5. The predicted molar refractivity (Wildman–Crippen MR) is 98.8 cm³/mol. The average molecular weight is 419 g/mol. The van der Waals surface area contributed by atoms with Gasteiger partial charge in [0.1, 0.15) is 23.0 Å². The van der Waals surface area contributed by atoms with Crippen molar-refractivity contribution in [3.63, 3.8) is 0 Å². The number of aromatic nitrogens is 1. The van der Waals surface area contributed by atoms with Crippen LogP contribution in [-0.4, -0.2) is 44.9 Å². The van der Waals surface area contributed by atoms with Crippen LogP contribution >= 0.6 is 34.8 Å². The maximum absolute atomic E-state index is 12.0. The molecule has 1 aromatic heterocycles. The van der Waals surface area contributed by atoms with Crippen molar-refractivity contribution in [2.75, 3.05) is 6.61 Å². The number of hydrogen-bond acceptors (Lipinski definition) is 6. The van der Waals surface area contributed by atoms with Crippen molar-refractivity contribution in [3.8, 4) is 5.88 Å². The zero-order valence-corrected chi connectivity index (χ0v) is 15.4. The van der Waals surface area contributed by atoms with Crippen LogP contribution in [0.4, 0.5) is 0 Å². The van der Waals surface area contributed by atoms with Gasteiger partial charge in [-0.3, -0.25) is 4.79 Å². The van der Waals surface area contributed by atoms with Crippen molar-refractivity contribution in [1.29, 1.82) is 0 Å². The van der Waals surface area contributed by atoms with Gasteiger partial charge >= 0.3 is 0 Å². The zero-order valence-electron chi connectivity index (χ0n) is 13.1. The van der Waals surface area contributed by atoms with Gasteiger partial charge in [0.15, 0.2) is 11.8 Å². The standard InChI is InChI=1S/C17H14Cl3NO5/c18-10-7-11(19)17(21-16(10)20)26-8-13(23)15(25)14(24)12(22)6-9-4-2-1-3-5-9/h1-7,14-15,22,24-25H,8H2. The lowest BCUT2D eigenvalue weighted by atomic mass is 10.1. The summed E-state index contributed by atoms with van der Waals surface area (Å²) in [5.41, 5.74) is 0.590. The smallest absolute Gasteiger partial charge is 0.234 e. The van der Waals surface area contributed by atoms with Crippen molar-refractivity contribution in [3.05, 3.63) is 62.9 Å². The third-order valence-corrected chi connectivity index (χ3v) is 4.20. The topological polar surface area (TPSA) is 99.9 Å². The molecule has 2 aromatic rings. The van der Waals surface area contributed by atoms with E-state index in [4.69, 9.17) is 39.5 Å². The maximum atomic E-state index is 12.0. The summed E-state index contributed by atoms with van der Waals surface area (Å²) in [6.07, 6.45) is -2.49. The molecule has 0 radical (unpaired) electrons. The Hall–Kier alpha value is -1.83. The number of nitrogens with zero attached hydrogens (tertiary/aromatic N) is 1. The highest BCUT2D eigenvalue weighted by atomic mass is 35.5. The summed E-state index contributed by atoms with van der Waals surface area (Å²) in [4.78, 5) is 15.7. The molecule has 0 aliphatic carbocycles. The van der Waals surface area contributed by atoms with Crippen LogP contribution in [0.1, 0.15) is 5.56 Å². The highest BCUT2D eigenvalue weighted by Crippen LogP contribution is 2.30. The Labute approximate surface area is 164 Å². The van der Waals surface area contributed by atoms with E-state index in [0.717, 1.165) is 0 Å². The largest absolute Gasteiger partial charge is 0.509 e. The third-order valence-electron chi connectivity index (χ3n) is 3.25. The molecular weight excluding hydrogens is 405 g/mol. The molecule has 0 saturated carbocycles. The predicted octanol–water partition coefficient (Wildman–Crippen LogP) is 3.31. The molecule has 1 heterocycles. The van der Waals surface area contributed by atoms with E-state index in [1.54, 1.807) is 30.3 Å². The summed E-state index contributed by atoms with van der Waals surface area (Å²) in [6.45, 7) is -0.651.